The van der Waals surface area contributed by atoms with Crippen molar-refractivity contribution < 1.29 is 28.5 Å². The highest BCUT2D eigenvalue weighted by Gasteiger charge is 2.26. The molecule has 132 valence electrons. The van der Waals surface area contributed by atoms with E-state index in [1.54, 1.807) is 40.2 Å². The Bertz CT molecular complexity index is 561. The second-order valence-electron chi connectivity index (χ2n) is 4.79. The van der Waals surface area contributed by atoms with Crippen LogP contribution in [0.5, 0.6) is 11.5 Å². The van der Waals surface area contributed by atoms with Gasteiger partial charge in [-0.1, -0.05) is 18.2 Å². The summed E-state index contributed by atoms with van der Waals surface area (Å²) >= 11 is 0. The zero-order valence-corrected chi connectivity index (χ0v) is 14.5. The molecule has 0 aliphatic rings. The molecular weight excluding hydrogens is 312 g/mol. The van der Waals surface area contributed by atoms with Crippen LogP contribution in [0.25, 0.3) is 0 Å². The summed E-state index contributed by atoms with van der Waals surface area (Å²) in [4.78, 5) is 23.8. The molecule has 1 aromatic rings. The minimum absolute atomic E-state index is 0.203. The molecule has 1 aromatic carbocycles. The van der Waals surface area contributed by atoms with Gasteiger partial charge in [-0.25, -0.2) is 0 Å². The van der Waals surface area contributed by atoms with Gasteiger partial charge in [0.05, 0.1) is 27.4 Å². The quantitative estimate of drug-likeness (QED) is 0.392. The lowest BCUT2D eigenvalue weighted by Crippen LogP contribution is -2.26. The Morgan fingerprint density at radius 1 is 1.04 bits per heavy atom. The van der Waals surface area contributed by atoms with E-state index in [1.807, 2.05) is 12.1 Å². The Kier molecular flexibility index (Phi) is 8.39. The van der Waals surface area contributed by atoms with Gasteiger partial charge in [0.15, 0.2) is 5.92 Å². The maximum absolute atomic E-state index is 11.9. The monoisotopic (exact) mass is 336 g/mol. The van der Waals surface area contributed by atoms with E-state index in [9.17, 15) is 9.59 Å². The van der Waals surface area contributed by atoms with E-state index in [0.717, 1.165) is 5.56 Å². The van der Waals surface area contributed by atoms with Gasteiger partial charge in [-0.15, -0.1) is 0 Å². The van der Waals surface area contributed by atoms with Crippen LogP contribution in [0.3, 0.4) is 0 Å². The van der Waals surface area contributed by atoms with Gasteiger partial charge in [0.25, 0.3) is 0 Å². The fraction of sp³-hybridized carbons (Fsp3) is 0.444. The number of carbonyl (C=O) groups excluding carboxylic acids is 2. The number of esters is 2. The lowest BCUT2D eigenvalue weighted by molar-refractivity contribution is -0.158. The summed E-state index contributed by atoms with van der Waals surface area (Å²) in [6.07, 6.45) is 3.71. The Morgan fingerprint density at radius 2 is 1.67 bits per heavy atom. The standard InChI is InChI=1S/C18H24O6/c1-5-23-17(19)15(18(20)24-6-2)9-7-8-13-10-11-14(21-3)12-16(13)22-4/h7,9-12,15H,5-6,8H2,1-4H3/b9-7+. The minimum atomic E-state index is -1.06. The predicted octanol–water partition coefficient (Wildman–Crippen LogP) is 2.54. The van der Waals surface area contributed by atoms with Gasteiger partial charge in [-0.05, 0) is 31.9 Å². The van der Waals surface area contributed by atoms with Crippen LogP contribution in [0.4, 0.5) is 0 Å². The highest BCUT2D eigenvalue weighted by molar-refractivity contribution is 5.97. The number of carbonyl (C=O) groups is 2. The van der Waals surface area contributed by atoms with E-state index < -0.39 is 17.9 Å². The molecule has 0 radical (unpaired) electrons. The predicted molar refractivity (Wildman–Crippen MR) is 89.1 cm³/mol. The molecule has 0 saturated carbocycles. The van der Waals surface area contributed by atoms with Gasteiger partial charge in [-0.2, -0.15) is 0 Å². The number of benzene rings is 1. The second-order valence-corrected chi connectivity index (χ2v) is 4.79. The first-order valence-electron chi connectivity index (χ1n) is 7.78. The Hall–Kier alpha value is -2.50. The highest BCUT2D eigenvalue weighted by Crippen LogP contribution is 2.25. The van der Waals surface area contributed by atoms with Gasteiger partial charge < -0.3 is 18.9 Å². The molecule has 0 saturated heterocycles. The normalized spacial score (nSPS) is 10.7. The van der Waals surface area contributed by atoms with Crippen LogP contribution >= 0.6 is 0 Å². The lowest BCUT2D eigenvalue weighted by atomic mass is 10.1. The molecule has 0 unspecified atom stereocenters. The minimum Gasteiger partial charge on any atom is -0.497 e. The summed E-state index contributed by atoms with van der Waals surface area (Å²) in [5, 5.41) is 0. The molecule has 0 amide bonds. The first-order chi connectivity index (χ1) is 11.6. The van der Waals surface area contributed by atoms with Crippen molar-refractivity contribution in [3.05, 3.63) is 35.9 Å². The van der Waals surface area contributed by atoms with E-state index in [2.05, 4.69) is 0 Å². The maximum Gasteiger partial charge on any atom is 0.324 e. The highest BCUT2D eigenvalue weighted by atomic mass is 16.6. The van der Waals surface area contributed by atoms with Crippen LogP contribution in [-0.4, -0.2) is 39.4 Å². The van der Waals surface area contributed by atoms with Crippen LogP contribution in [-0.2, 0) is 25.5 Å². The molecule has 0 aromatic heterocycles. The zero-order valence-electron chi connectivity index (χ0n) is 14.5. The fourth-order valence-electron chi connectivity index (χ4n) is 2.07. The Balaban J connectivity index is 2.87. The molecule has 6 heteroatoms. The third-order valence-corrected chi connectivity index (χ3v) is 3.24. The Labute approximate surface area is 142 Å². The van der Waals surface area contributed by atoms with Crippen LogP contribution in [0, 0.1) is 5.92 Å². The summed E-state index contributed by atoms with van der Waals surface area (Å²) in [6.45, 7) is 3.78. The molecular formula is C18H24O6. The second kappa shape index (κ2) is 10.3. The SMILES string of the molecule is CCOC(=O)C(/C=C/Cc1ccc(OC)cc1OC)C(=O)OCC. The van der Waals surface area contributed by atoms with Gasteiger partial charge in [-0.3, -0.25) is 9.59 Å². The molecule has 0 aliphatic carbocycles. The number of allylic oxidation sites excluding steroid dienone is 1. The van der Waals surface area contributed by atoms with E-state index in [-0.39, 0.29) is 13.2 Å². The topological polar surface area (TPSA) is 71.1 Å². The van der Waals surface area contributed by atoms with Crippen molar-refractivity contribution in [1.29, 1.82) is 0 Å². The Morgan fingerprint density at radius 3 is 2.17 bits per heavy atom. The summed E-state index contributed by atoms with van der Waals surface area (Å²) in [6, 6.07) is 5.46. The summed E-state index contributed by atoms with van der Waals surface area (Å²) in [5.41, 5.74) is 0.904. The van der Waals surface area contributed by atoms with Gasteiger partial charge in [0, 0.05) is 6.07 Å². The van der Waals surface area contributed by atoms with Crippen molar-refractivity contribution in [2.75, 3.05) is 27.4 Å². The molecule has 0 atom stereocenters. The molecule has 0 fully saturated rings. The van der Waals surface area contributed by atoms with Gasteiger partial charge in [0.2, 0.25) is 0 Å². The van der Waals surface area contributed by atoms with Crippen LogP contribution in [0.2, 0.25) is 0 Å². The van der Waals surface area contributed by atoms with Crippen molar-refractivity contribution in [3.8, 4) is 11.5 Å². The van der Waals surface area contributed by atoms with Crippen LogP contribution < -0.4 is 9.47 Å². The number of methoxy groups -OCH3 is 2. The van der Waals surface area contributed by atoms with Gasteiger partial charge >= 0.3 is 11.9 Å². The fourth-order valence-corrected chi connectivity index (χ4v) is 2.07. The first-order valence-corrected chi connectivity index (χ1v) is 7.78. The average Bonchev–Trinajstić information content (AvgIpc) is 2.58. The molecule has 0 heterocycles. The number of ether oxygens (including phenoxy) is 4. The van der Waals surface area contributed by atoms with Crippen molar-refractivity contribution in [2.45, 2.75) is 20.3 Å². The maximum atomic E-state index is 11.9. The van der Waals surface area contributed by atoms with E-state index in [1.165, 1.54) is 6.08 Å². The molecule has 0 aliphatic heterocycles. The lowest BCUT2D eigenvalue weighted by Gasteiger charge is -2.11. The number of hydrogen-bond donors (Lipinski definition) is 0. The first kappa shape index (κ1) is 19.5. The average molecular weight is 336 g/mol. The van der Waals surface area contributed by atoms with E-state index in [4.69, 9.17) is 18.9 Å². The largest absolute Gasteiger partial charge is 0.497 e. The smallest absolute Gasteiger partial charge is 0.324 e. The van der Waals surface area contributed by atoms with Crippen molar-refractivity contribution >= 4 is 11.9 Å². The molecule has 0 N–H and O–H groups in total. The third-order valence-electron chi connectivity index (χ3n) is 3.24. The van der Waals surface area contributed by atoms with Gasteiger partial charge in [0.1, 0.15) is 11.5 Å². The van der Waals surface area contributed by atoms with E-state index in [0.29, 0.717) is 17.9 Å². The molecule has 0 spiro atoms. The molecule has 0 bridgehead atoms. The van der Waals surface area contributed by atoms with E-state index >= 15 is 0 Å². The number of rotatable bonds is 9. The zero-order chi connectivity index (χ0) is 17.9. The summed E-state index contributed by atoms with van der Waals surface area (Å²) in [7, 11) is 3.15. The van der Waals surface area contributed by atoms with Crippen molar-refractivity contribution in [3.63, 3.8) is 0 Å². The summed E-state index contributed by atoms with van der Waals surface area (Å²) in [5.74, 6) is -0.935. The summed E-state index contributed by atoms with van der Waals surface area (Å²) < 4.78 is 20.3. The van der Waals surface area contributed by atoms with Crippen LogP contribution in [0.1, 0.15) is 19.4 Å². The molecule has 1 rings (SSSR count). The van der Waals surface area contributed by atoms with Crippen LogP contribution in [0.15, 0.2) is 30.4 Å². The van der Waals surface area contributed by atoms with Crippen molar-refractivity contribution in [1.82, 2.24) is 0 Å². The van der Waals surface area contributed by atoms with Crippen molar-refractivity contribution in [2.24, 2.45) is 5.92 Å². The number of hydrogen-bond acceptors (Lipinski definition) is 6. The molecule has 24 heavy (non-hydrogen) atoms. The third kappa shape index (κ3) is 5.61. The molecule has 6 nitrogen and oxygen atoms in total.